The summed E-state index contributed by atoms with van der Waals surface area (Å²) >= 11 is 0. The summed E-state index contributed by atoms with van der Waals surface area (Å²) in [4.78, 5) is 13.8. The average Bonchev–Trinajstić information content (AvgIpc) is 2.23. The second-order valence-corrected chi connectivity index (χ2v) is 4.52. The van der Waals surface area contributed by atoms with Crippen LogP contribution in [0.25, 0.3) is 0 Å². The van der Waals surface area contributed by atoms with E-state index in [0.717, 1.165) is 19.4 Å². The van der Waals surface area contributed by atoms with Gasteiger partial charge >= 0.3 is 0 Å². The topological polar surface area (TPSA) is 52.6 Å². The van der Waals surface area contributed by atoms with Crippen molar-refractivity contribution in [2.75, 3.05) is 19.7 Å². The molecule has 1 amide bonds. The Morgan fingerprint density at radius 2 is 2.00 bits per heavy atom. The predicted octanol–water partition coefficient (Wildman–Crippen LogP) is 0.994. The molecule has 0 spiro atoms. The molecule has 0 aromatic heterocycles. The third-order valence-electron chi connectivity index (χ3n) is 2.70. The minimum atomic E-state index is 0.0704. The molecule has 0 aromatic rings. The largest absolute Gasteiger partial charge is 0.396 e. The highest BCUT2D eigenvalue weighted by molar-refractivity contribution is 5.78. The van der Waals surface area contributed by atoms with Gasteiger partial charge in [0.2, 0.25) is 5.91 Å². The number of nitrogens with one attached hydrogen (secondary N) is 1. The number of amides is 1. The van der Waals surface area contributed by atoms with Gasteiger partial charge in [-0.1, -0.05) is 6.92 Å². The van der Waals surface area contributed by atoms with Gasteiger partial charge in [0.15, 0.2) is 0 Å². The molecule has 0 fully saturated rings. The SMILES string of the molecule is CCC(C)NC(=O)CN(CCCO)C(C)C. The molecular formula is C12H26N2O2. The summed E-state index contributed by atoms with van der Waals surface area (Å²) in [6, 6.07) is 0.564. The molecule has 4 heteroatoms. The first-order valence-corrected chi connectivity index (χ1v) is 6.15. The number of aliphatic hydroxyl groups excluding tert-OH is 1. The Balaban J connectivity index is 4.02. The first-order chi connectivity index (χ1) is 7.51. The Kier molecular flexibility index (Phi) is 8.21. The molecule has 0 heterocycles. The van der Waals surface area contributed by atoms with Gasteiger partial charge in [-0.25, -0.2) is 0 Å². The maximum absolute atomic E-state index is 11.7. The second-order valence-electron chi connectivity index (χ2n) is 4.52. The van der Waals surface area contributed by atoms with E-state index < -0.39 is 0 Å². The number of aliphatic hydroxyl groups is 1. The lowest BCUT2D eigenvalue weighted by Crippen LogP contribution is -2.43. The summed E-state index contributed by atoms with van der Waals surface area (Å²) in [5.41, 5.74) is 0. The number of rotatable bonds is 8. The van der Waals surface area contributed by atoms with Crippen molar-refractivity contribution in [2.24, 2.45) is 0 Å². The summed E-state index contributed by atoms with van der Waals surface area (Å²) in [7, 11) is 0. The van der Waals surface area contributed by atoms with E-state index in [-0.39, 0.29) is 18.6 Å². The van der Waals surface area contributed by atoms with Gasteiger partial charge in [0.25, 0.3) is 0 Å². The fraction of sp³-hybridized carbons (Fsp3) is 0.917. The van der Waals surface area contributed by atoms with Crippen LogP contribution in [0, 0.1) is 0 Å². The number of nitrogens with zero attached hydrogens (tertiary/aromatic N) is 1. The first-order valence-electron chi connectivity index (χ1n) is 6.15. The van der Waals surface area contributed by atoms with Gasteiger partial charge in [-0.2, -0.15) is 0 Å². The lowest BCUT2D eigenvalue weighted by Gasteiger charge is -2.26. The maximum atomic E-state index is 11.7. The summed E-state index contributed by atoms with van der Waals surface area (Å²) < 4.78 is 0. The monoisotopic (exact) mass is 230 g/mol. The highest BCUT2D eigenvalue weighted by Crippen LogP contribution is 1.99. The van der Waals surface area contributed by atoms with Crippen LogP contribution in [0.5, 0.6) is 0 Å². The molecule has 0 aliphatic rings. The fourth-order valence-corrected chi connectivity index (χ4v) is 1.40. The quantitative estimate of drug-likeness (QED) is 0.654. The highest BCUT2D eigenvalue weighted by Gasteiger charge is 2.14. The van der Waals surface area contributed by atoms with Crippen LogP contribution in [0.4, 0.5) is 0 Å². The highest BCUT2D eigenvalue weighted by atomic mass is 16.3. The van der Waals surface area contributed by atoms with Crippen LogP contribution in [-0.2, 0) is 4.79 Å². The zero-order chi connectivity index (χ0) is 12.6. The van der Waals surface area contributed by atoms with Gasteiger partial charge in [-0.15, -0.1) is 0 Å². The first kappa shape index (κ1) is 15.4. The van der Waals surface area contributed by atoms with Crippen LogP contribution in [0.1, 0.15) is 40.5 Å². The molecule has 0 aliphatic heterocycles. The molecule has 0 radical (unpaired) electrons. The van der Waals surface area contributed by atoms with Gasteiger partial charge in [0.1, 0.15) is 0 Å². The van der Waals surface area contributed by atoms with Crippen molar-refractivity contribution in [3.8, 4) is 0 Å². The lowest BCUT2D eigenvalue weighted by atomic mass is 10.2. The van der Waals surface area contributed by atoms with E-state index in [1.165, 1.54) is 0 Å². The molecule has 0 aromatic carbocycles. The summed E-state index contributed by atoms with van der Waals surface area (Å²) in [5, 5.41) is 11.7. The zero-order valence-electron chi connectivity index (χ0n) is 11.0. The molecule has 0 rings (SSSR count). The van der Waals surface area contributed by atoms with Gasteiger partial charge in [-0.3, -0.25) is 9.69 Å². The summed E-state index contributed by atoms with van der Waals surface area (Å²) in [6.07, 6.45) is 1.67. The fourth-order valence-electron chi connectivity index (χ4n) is 1.40. The van der Waals surface area contributed by atoms with Crippen LogP contribution in [0.15, 0.2) is 0 Å². The molecule has 16 heavy (non-hydrogen) atoms. The van der Waals surface area contributed by atoms with E-state index in [1.807, 2.05) is 6.92 Å². The van der Waals surface area contributed by atoms with Gasteiger partial charge in [-0.05, 0) is 33.6 Å². The lowest BCUT2D eigenvalue weighted by molar-refractivity contribution is -0.123. The van der Waals surface area contributed by atoms with Gasteiger partial charge in [0.05, 0.1) is 6.54 Å². The van der Waals surface area contributed by atoms with Crippen molar-refractivity contribution in [2.45, 2.75) is 52.6 Å². The minimum Gasteiger partial charge on any atom is -0.396 e. The van der Waals surface area contributed by atoms with E-state index in [1.54, 1.807) is 0 Å². The van der Waals surface area contributed by atoms with Crippen LogP contribution < -0.4 is 5.32 Å². The summed E-state index contributed by atoms with van der Waals surface area (Å²) in [6.45, 7) is 9.55. The molecule has 1 atom stereocenters. The summed E-state index contributed by atoms with van der Waals surface area (Å²) in [5.74, 6) is 0.0704. The number of carbonyl (C=O) groups is 1. The smallest absolute Gasteiger partial charge is 0.234 e. The van der Waals surface area contributed by atoms with Crippen molar-refractivity contribution in [1.29, 1.82) is 0 Å². The van der Waals surface area contributed by atoms with Gasteiger partial charge < -0.3 is 10.4 Å². The Bertz CT molecular complexity index is 195. The van der Waals surface area contributed by atoms with E-state index in [2.05, 4.69) is 31.0 Å². The Labute approximate surface area is 99.0 Å². The van der Waals surface area contributed by atoms with E-state index in [0.29, 0.717) is 12.6 Å². The normalized spacial score (nSPS) is 13.2. The minimum absolute atomic E-state index is 0.0704. The van der Waals surface area contributed by atoms with Crippen molar-refractivity contribution in [3.63, 3.8) is 0 Å². The zero-order valence-corrected chi connectivity index (χ0v) is 11.0. The number of carbonyl (C=O) groups excluding carboxylic acids is 1. The third kappa shape index (κ3) is 6.80. The van der Waals surface area contributed by atoms with Crippen LogP contribution in [0.2, 0.25) is 0 Å². The van der Waals surface area contributed by atoms with Crippen molar-refractivity contribution in [1.82, 2.24) is 10.2 Å². The molecule has 4 nitrogen and oxygen atoms in total. The van der Waals surface area contributed by atoms with Crippen molar-refractivity contribution >= 4 is 5.91 Å². The van der Waals surface area contributed by atoms with Crippen LogP contribution in [-0.4, -0.2) is 47.7 Å². The molecule has 2 N–H and O–H groups in total. The van der Waals surface area contributed by atoms with Crippen LogP contribution in [0.3, 0.4) is 0 Å². The second kappa shape index (κ2) is 8.53. The maximum Gasteiger partial charge on any atom is 0.234 e. The van der Waals surface area contributed by atoms with Crippen molar-refractivity contribution in [3.05, 3.63) is 0 Å². The molecule has 96 valence electrons. The third-order valence-corrected chi connectivity index (χ3v) is 2.70. The van der Waals surface area contributed by atoms with Gasteiger partial charge in [0, 0.05) is 25.2 Å². The standard InChI is InChI=1S/C12H26N2O2/c1-5-11(4)13-12(16)9-14(10(2)3)7-6-8-15/h10-11,15H,5-9H2,1-4H3,(H,13,16). The number of hydrogen-bond acceptors (Lipinski definition) is 3. The Morgan fingerprint density at radius 1 is 1.38 bits per heavy atom. The average molecular weight is 230 g/mol. The molecule has 0 bridgehead atoms. The molecule has 0 aliphatic carbocycles. The molecule has 0 saturated heterocycles. The molecular weight excluding hydrogens is 204 g/mol. The number of hydrogen-bond donors (Lipinski definition) is 2. The Hall–Kier alpha value is -0.610. The van der Waals surface area contributed by atoms with E-state index in [9.17, 15) is 4.79 Å². The molecule has 1 unspecified atom stereocenters. The Morgan fingerprint density at radius 3 is 2.44 bits per heavy atom. The predicted molar refractivity (Wildman–Crippen MR) is 66.3 cm³/mol. The molecule has 0 saturated carbocycles. The van der Waals surface area contributed by atoms with E-state index in [4.69, 9.17) is 5.11 Å². The van der Waals surface area contributed by atoms with Crippen molar-refractivity contribution < 1.29 is 9.90 Å². The van der Waals surface area contributed by atoms with E-state index >= 15 is 0 Å². The van der Waals surface area contributed by atoms with Crippen LogP contribution >= 0.6 is 0 Å².